The molecule has 1 amide bonds. The summed E-state index contributed by atoms with van der Waals surface area (Å²) < 4.78 is 19.7. The number of thioether (sulfide) groups is 1. The summed E-state index contributed by atoms with van der Waals surface area (Å²) >= 11 is 1.80. The first kappa shape index (κ1) is 36.0. The molecule has 1 fully saturated rings. The fraction of sp³-hybridized carbons (Fsp3) is 0.526. The van der Waals surface area contributed by atoms with Crippen LogP contribution in [0.3, 0.4) is 0 Å². The van der Waals surface area contributed by atoms with Crippen LogP contribution in [0.1, 0.15) is 68.9 Å². The van der Waals surface area contributed by atoms with Gasteiger partial charge in [0.1, 0.15) is 18.6 Å². The lowest BCUT2D eigenvalue weighted by Crippen LogP contribution is -2.64. The lowest BCUT2D eigenvalue weighted by Gasteiger charge is -2.58. The molecule has 3 N–H and O–H groups in total. The number of benzene rings is 2. The number of nitrogens with one attached hydrogen (secondary N) is 1. The Kier molecular flexibility index (Phi) is 13.0. The first-order chi connectivity index (χ1) is 23.5. The van der Waals surface area contributed by atoms with Gasteiger partial charge >= 0.3 is 6.09 Å². The van der Waals surface area contributed by atoms with E-state index in [4.69, 9.17) is 19.0 Å². The third-order valence-corrected chi connectivity index (χ3v) is 10.9. The van der Waals surface area contributed by atoms with Crippen molar-refractivity contribution in [3.8, 4) is 11.5 Å². The van der Waals surface area contributed by atoms with E-state index in [-0.39, 0.29) is 42.1 Å². The summed E-state index contributed by atoms with van der Waals surface area (Å²) in [6.45, 7) is 7.07. The maximum absolute atomic E-state index is 13.0. The molecular weight excluding hydrogens is 628 g/mol. The van der Waals surface area contributed by atoms with Gasteiger partial charge in [-0.15, -0.1) is 6.58 Å². The van der Waals surface area contributed by atoms with Crippen LogP contribution in [-0.4, -0.2) is 65.7 Å². The maximum Gasteiger partial charge on any atom is 0.412 e. The molecule has 0 aromatic heterocycles. The van der Waals surface area contributed by atoms with Gasteiger partial charge in [-0.2, -0.15) is 11.8 Å². The normalized spacial score (nSPS) is 26.5. The second-order valence-electron chi connectivity index (χ2n) is 12.6. The molecule has 0 bridgehead atoms. The van der Waals surface area contributed by atoms with Crippen molar-refractivity contribution in [2.45, 2.75) is 75.4 Å². The average Bonchev–Trinajstić information content (AvgIpc) is 3.10. The smallest absolute Gasteiger partial charge is 0.412 e. The molecule has 9 nitrogen and oxygen atoms in total. The summed E-state index contributed by atoms with van der Waals surface area (Å²) in [5, 5.41) is 26.7. The SMILES string of the molecule is C=CCOC12Oc3ccc(OC(=O)NCc4ccccc4)cc3C3C(CCCCO)C(CCCCO)C=C(C(=NOC)CC1SCC)C32. The van der Waals surface area contributed by atoms with E-state index in [2.05, 4.69) is 30.1 Å². The van der Waals surface area contributed by atoms with E-state index in [1.165, 1.54) is 0 Å². The number of ether oxygens (including phenoxy) is 3. The number of hydrogen-bond acceptors (Lipinski definition) is 9. The fourth-order valence-electron chi connectivity index (χ4n) is 7.76. The van der Waals surface area contributed by atoms with Gasteiger partial charge in [-0.3, -0.25) is 0 Å². The predicted octanol–water partition coefficient (Wildman–Crippen LogP) is 6.99. The van der Waals surface area contributed by atoms with Gasteiger partial charge in [-0.25, -0.2) is 4.79 Å². The summed E-state index contributed by atoms with van der Waals surface area (Å²) in [5.41, 5.74) is 3.92. The number of oxime groups is 1. The van der Waals surface area contributed by atoms with Gasteiger partial charge in [0, 0.05) is 37.7 Å². The number of aliphatic hydroxyl groups excluding tert-OH is 2. The van der Waals surface area contributed by atoms with Gasteiger partial charge < -0.3 is 34.6 Å². The number of carbonyl (C=O) groups is 1. The van der Waals surface area contributed by atoms with Crippen LogP contribution in [-0.2, 0) is 16.1 Å². The molecule has 260 valence electrons. The molecule has 10 heteroatoms. The van der Waals surface area contributed by atoms with E-state index in [9.17, 15) is 15.0 Å². The van der Waals surface area contributed by atoms with Crippen LogP contribution in [0.15, 0.2) is 78.0 Å². The summed E-state index contributed by atoms with van der Waals surface area (Å²) in [7, 11) is 1.58. The first-order valence-corrected chi connectivity index (χ1v) is 18.3. The molecule has 3 aliphatic rings. The number of fused-ring (bicyclic) bond motifs is 2. The molecule has 1 heterocycles. The van der Waals surface area contributed by atoms with Crippen molar-refractivity contribution in [2.24, 2.45) is 22.9 Å². The molecule has 2 aromatic rings. The molecule has 1 aliphatic heterocycles. The first-order valence-electron chi connectivity index (χ1n) is 17.2. The van der Waals surface area contributed by atoms with Crippen LogP contribution in [0.2, 0.25) is 0 Å². The van der Waals surface area contributed by atoms with Crippen LogP contribution in [0.4, 0.5) is 4.79 Å². The highest BCUT2D eigenvalue weighted by Gasteiger charge is 2.63. The third-order valence-electron chi connectivity index (χ3n) is 9.68. The third kappa shape index (κ3) is 7.94. The van der Waals surface area contributed by atoms with Crippen molar-refractivity contribution in [3.63, 3.8) is 0 Å². The topological polar surface area (TPSA) is 119 Å². The van der Waals surface area contributed by atoms with Crippen molar-refractivity contribution in [1.29, 1.82) is 0 Å². The van der Waals surface area contributed by atoms with Gasteiger partial charge in [0.15, 0.2) is 0 Å². The molecule has 0 saturated heterocycles. The van der Waals surface area contributed by atoms with Gasteiger partial charge in [-0.05, 0) is 72.6 Å². The number of carbonyl (C=O) groups excluding carboxylic acids is 1. The lowest BCUT2D eigenvalue weighted by atomic mass is 9.56. The molecular formula is C38H50N2O7S. The molecule has 1 saturated carbocycles. The summed E-state index contributed by atoms with van der Waals surface area (Å²) in [5.74, 6) is 1.11. The molecule has 2 aliphatic carbocycles. The van der Waals surface area contributed by atoms with Crippen LogP contribution in [0.25, 0.3) is 0 Å². The zero-order chi connectivity index (χ0) is 33.9. The van der Waals surface area contributed by atoms with Gasteiger partial charge in [0.25, 0.3) is 0 Å². The van der Waals surface area contributed by atoms with Gasteiger partial charge in [0.05, 0.1) is 23.5 Å². The van der Waals surface area contributed by atoms with E-state index in [0.29, 0.717) is 37.5 Å². The average molecular weight is 679 g/mol. The Balaban J connectivity index is 1.61. The number of hydrogen-bond donors (Lipinski definition) is 3. The Morgan fingerprint density at radius 2 is 1.90 bits per heavy atom. The van der Waals surface area contributed by atoms with Crippen LogP contribution in [0.5, 0.6) is 11.5 Å². The van der Waals surface area contributed by atoms with Gasteiger partial charge in [-0.1, -0.05) is 67.4 Å². The van der Waals surface area contributed by atoms with Crippen LogP contribution >= 0.6 is 11.8 Å². The van der Waals surface area contributed by atoms with E-state index >= 15 is 0 Å². The minimum absolute atomic E-state index is 0.0605. The van der Waals surface area contributed by atoms with E-state index in [0.717, 1.165) is 60.3 Å². The number of aliphatic hydroxyl groups is 2. The Labute approximate surface area is 288 Å². The highest BCUT2D eigenvalue weighted by molar-refractivity contribution is 8.00. The summed E-state index contributed by atoms with van der Waals surface area (Å²) in [6, 6.07) is 15.4. The Hall–Kier alpha value is -3.31. The Morgan fingerprint density at radius 1 is 1.12 bits per heavy atom. The second kappa shape index (κ2) is 17.4. The van der Waals surface area contributed by atoms with Crippen molar-refractivity contribution in [2.75, 3.05) is 32.7 Å². The largest absolute Gasteiger partial charge is 0.460 e. The molecule has 5 rings (SSSR count). The summed E-state index contributed by atoms with van der Waals surface area (Å²) in [6.07, 6.45) is 9.20. The number of unbranched alkanes of at least 4 members (excludes halogenated alkanes) is 2. The number of amides is 1. The maximum atomic E-state index is 13.0. The van der Waals surface area contributed by atoms with Gasteiger partial charge in [0.2, 0.25) is 5.79 Å². The quantitative estimate of drug-likeness (QED) is 0.0931. The van der Waals surface area contributed by atoms with Crippen molar-refractivity contribution in [1.82, 2.24) is 5.32 Å². The van der Waals surface area contributed by atoms with E-state index in [1.54, 1.807) is 31.0 Å². The lowest BCUT2D eigenvalue weighted by molar-refractivity contribution is -0.223. The molecule has 48 heavy (non-hydrogen) atoms. The molecule has 0 spiro atoms. The zero-order valence-electron chi connectivity index (χ0n) is 28.1. The molecule has 2 aromatic carbocycles. The van der Waals surface area contributed by atoms with Crippen molar-refractivity contribution in [3.05, 3.63) is 84.0 Å². The van der Waals surface area contributed by atoms with Crippen LogP contribution < -0.4 is 14.8 Å². The van der Waals surface area contributed by atoms with Crippen molar-refractivity contribution < 1.29 is 34.1 Å². The standard InChI is InChI=1S/C38H50N2O7S/c1-4-21-45-38-34(48-5-2)24-32(40-44-3)30-22-27(15-9-11-19-41)29(16-10-12-20-42)35(36(30)38)31-23-28(17-18-33(31)47-38)46-37(43)39-25-26-13-7-6-8-14-26/h4,6-8,13-14,17-18,22-23,27,29,34-36,41-42H,1,5,9-12,15-16,19-21,24-25H2,2-3H3,(H,39,43). The van der Waals surface area contributed by atoms with E-state index < -0.39 is 11.9 Å². The van der Waals surface area contributed by atoms with Crippen molar-refractivity contribution >= 4 is 23.6 Å². The summed E-state index contributed by atoms with van der Waals surface area (Å²) in [4.78, 5) is 18.4. The highest BCUT2D eigenvalue weighted by atomic mass is 32.2. The number of allylic oxidation sites excluding steroid dienone is 1. The predicted molar refractivity (Wildman–Crippen MR) is 189 cm³/mol. The fourth-order valence-corrected chi connectivity index (χ4v) is 8.94. The minimum Gasteiger partial charge on any atom is -0.460 e. The monoisotopic (exact) mass is 678 g/mol. The molecule has 6 atom stereocenters. The number of nitrogens with zero attached hydrogens (tertiary/aromatic N) is 1. The van der Waals surface area contributed by atoms with Crippen LogP contribution in [0, 0.1) is 17.8 Å². The molecule has 6 unspecified atom stereocenters. The van der Waals surface area contributed by atoms with E-state index in [1.807, 2.05) is 42.5 Å². The second-order valence-corrected chi connectivity index (χ2v) is 14.1. The molecule has 0 radical (unpaired) electrons. The Bertz CT molecular complexity index is 1430. The minimum atomic E-state index is -0.994. The Morgan fingerprint density at radius 3 is 2.60 bits per heavy atom. The number of rotatable bonds is 17. The highest BCUT2D eigenvalue weighted by Crippen LogP contribution is 2.62. The zero-order valence-corrected chi connectivity index (χ0v) is 29.0.